The molecule has 124 valence electrons. The van der Waals surface area contributed by atoms with Gasteiger partial charge in [0.2, 0.25) is 0 Å². The van der Waals surface area contributed by atoms with Crippen LogP contribution in [0, 0.1) is 11.8 Å². The summed E-state index contributed by atoms with van der Waals surface area (Å²) in [4.78, 5) is 21.1. The molecule has 1 aromatic carbocycles. The number of nitrogens with one attached hydrogen (secondary N) is 1. The molecule has 0 radical (unpaired) electrons. The first-order chi connectivity index (χ1) is 11.8. The zero-order chi connectivity index (χ0) is 16.4. The lowest BCUT2D eigenvalue weighted by atomic mass is 9.85. The molecule has 2 aromatic rings. The summed E-state index contributed by atoms with van der Waals surface area (Å²) in [5.74, 6) is 1.45. The first-order valence-corrected chi connectivity index (χ1v) is 8.99. The summed E-state index contributed by atoms with van der Waals surface area (Å²) < 4.78 is 0. The Morgan fingerprint density at radius 1 is 1.08 bits per heavy atom. The molecule has 0 unspecified atom stereocenters. The summed E-state index contributed by atoms with van der Waals surface area (Å²) in [6, 6.07) is 10.2. The maximum Gasteiger partial charge on any atom is 0.255 e. The average Bonchev–Trinajstić information content (AvgIpc) is 3.42. The smallest absolute Gasteiger partial charge is 0.255 e. The molecule has 4 nitrogen and oxygen atoms in total. The van der Waals surface area contributed by atoms with Gasteiger partial charge in [-0.25, -0.2) is 9.97 Å². The second kappa shape index (κ2) is 6.71. The molecule has 0 saturated heterocycles. The molecule has 2 aliphatic rings. The number of nitrogens with zero attached hydrogens (tertiary/aromatic N) is 2. The number of amides is 1. The van der Waals surface area contributed by atoms with Gasteiger partial charge in [0.25, 0.3) is 5.91 Å². The van der Waals surface area contributed by atoms with Crippen molar-refractivity contribution >= 4 is 5.91 Å². The fraction of sp³-hybridized carbons (Fsp3) is 0.450. The molecule has 1 heterocycles. The summed E-state index contributed by atoms with van der Waals surface area (Å²) in [6.45, 7) is 0. The second-order valence-electron chi connectivity index (χ2n) is 7.03. The van der Waals surface area contributed by atoms with Crippen LogP contribution in [-0.4, -0.2) is 21.9 Å². The van der Waals surface area contributed by atoms with Gasteiger partial charge >= 0.3 is 0 Å². The predicted molar refractivity (Wildman–Crippen MR) is 93.4 cm³/mol. The van der Waals surface area contributed by atoms with Crippen LogP contribution in [0.4, 0.5) is 0 Å². The van der Waals surface area contributed by atoms with Gasteiger partial charge in [0, 0.05) is 17.8 Å². The van der Waals surface area contributed by atoms with Crippen LogP contribution < -0.4 is 5.32 Å². The van der Waals surface area contributed by atoms with Crippen molar-refractivity contribution in [2.45, 2.75) is 44.6 Å². The standard InChI is InChI=1S/C20H23N3O/c24-20(23-18-11-16(18)14-7-3-1-4-8-14)17-12-21-13-22-19(17)15-9-5-2-6-10-15/h2,5-6,9-10,12-14,16,18H,1,3-4,7-8,11H2,(H,23,24)/t16-,18+/m0/s1. The van der Waals surface area contributed by atoms with E-state index in [1.54, 1.807) is 6.20 Å². The third-order valence-corrected chi connectivity index (χ3v) is 5.42. The monoisotopic (exact) mass is 321 g/mol. The van der Waals surface area contributed by atoms with E-state index in [9.17, 15) is 4.79 Å². The minimum Gasteiger partial charge on any atom is -0.349 e. The van der Waals surface area contributed by atoms with Gasteiger partial charge in [0.15, 0.2) is 0 Å². The number of benzene rings is 1. The van der Waals surface area contributed by atoms with E-state index in [2.05, 4.69) is 15.3 Å². The second-order valence-corrected chi connectivity index (χ2v) is 7.03. The number of hydrogen-bond acceptors (Lipinski definition) is 3. The highest BCUT2D eigenvalue weighted by atomic mass is 16.1. The van der Waals surface area contributed by atoms with Crippen molar-refractivity contribution < 1.29 is 4.79 Å². The van der Waals surface area contributed by atoms with Crippen molar-refractivity contribution in [1.82, 2.24) is 15.3 Å². The summed E-state index contributed by atoms with van der Waals surface area (Å²) >= 11 is 0. The fourth-order valence-corrected chi connectivity index (χ4v) is 4.03. The summed E-state index contributed by atoms with van der Waals surface area (Å²) in [6.07, 6.45) is 11.0. The molecule has 1 N–H and O–H groups in total. The van der Waals surface area contributed by atoms with E-state index in [4.69, 9.17) is 0 Å². The van der Waals surface area contributed by atoms with Gasteiger partial charge in [0.05, 0.1) is 11.3 Å². The van der Waals surface area contributed by atoms with E-state index in [-0.39, 0.29) is 5.91 Å². The molecule has 2 fully saturated rings. The lowest BCUT2D eigenvalue weighted by molar-refractivity contribution is 0.0946. The van der Waals surface area contributed by atoms with Crippen molar-refractivity contribution in [2.75, 3.05) is 0 Å². The molecular weight excluding hydrogens is 298 g/mol. The van der Waals surface area contributed by atoms with Crippen molar-refractivity contribution in [3.63, 3.8) is 0 Å². The Kier molecular flexibility index (Phi) is 4.28. The van der Waals surface area contributed by atoms with Gasteiger partial charge < -0.3 is 5.32 Å². The van der Waals surface area contributed by atoms with Gasteiger partial charge in [-0.1, -0.05) is 62.4 Å². The van der Waals surface area contributed by atoms with Gasteiger partial charge in [0.1, 0.15) is 6.33 Å². The Labute approximate surface area is 142 Å². The van der Waals surface area contributed by atoms with E-state index in [1.165, 1.54) is 38.4 Å². The summed E-state index contributed by atoms with van der Waals surface area (Å²) in [5.41, 5.74) is 2.22. The molecule has 1 amide bonds. The highest BCUT2D eigenvalue weighted by molar-refractivity contribution is 5.99. The number of hydrogen-bond donors (Lipinski definition) is 1. The Morgan fingerprint density at radius 3 is 2.67 bits per heavy atom. The molecule has 4 rings (SSSR count). The van der Waals surface area contributed by atoms with Crippen LogP contribution in [0.25, 0.3) is 11.3 Å². The van der Waals surface area contributed by atoms with E-state index < -0.39 is 0 Å². The average molecular weight is 321 g/mol. The van der Waals surface area contributed by atoms with Crippen LogP contribution in [0.15, 0.2) is 42.9 Å². The maximum absolute atomic E-state index is 12.7. The van der Waals surface area contributed by atoms with Crippen molar-refractivity contribution in [3.8, 4) is 11.3 Å². The minimum atomic E-state index is -0.0437. The fourth-order valence-electron chi connectivity index (χ4n) is 4.03. The van der Waals surface area contributed by atoms with Crippen LogP contribution >= 0.6 is 0 Å². The molecule has 0 aliphatic heterocycles. The van der Waals surface area contributed by atoms with E-state index in [1.807, 2.05) is 30.3 Å². The van der Waals surface area contributed by atoms with Crippen molar-refractivity contribution in [1.29, 1.82) is 0 Å². The van der Waals surface area contributed by atoms with E-state index in [0.29, 0.717) is 23.2 Å². The first kappa shape index (κ1) is 15.3. The third-order valence-electron chi connectivity index (χ3n) is 5.42. The molecule has 24 heavy (non-hydrogen) atoms. The molecule has 1 aromatic heterocycles. The Morgan fingerprint density at radius 2 is 1.88 bits per heavy atom. The van der Waals surface area contributed by atoms with Crippen LogP contribution in [0.5, 0.6) is 0 Å². The van der Waals surface area contributed by atoms with Gasteiger partial charge in [-0.2, -0.15) is 0 Å². The molecule has 2 atom stereocenters. The number of carbonyl (C=O) groups is 1. The molecular formula is C20H23N3O. The van der Waals surface area contributed by atoms with Gasteiger partial charge in [-0.05, 0) is 18.3 Å². The molecule has 4 heteroatoms. The zero-order valence-corrected chi connectivity index (χ0v) is 13.8. The summed E-state index contributed by atoms with van der Waals surface area (Å²) in [7, 11) is 0. The molecule has 0 spiro atoms. The summed E-state index contributed by atoms with van der Waals surface area (Å²) in [5, 5.41) is 3.21. The number of rotatable bonds is 4. The lowest BCUT2D eigenvalue weighted by Gasteiger charge is -2.21. The lowest BCUT2D eigenvalue weighted by Crippen LogP contribution is -2.29. The van der Waals surface area contributed by atoms with Crippen molar-refractivity contribution in [3.05, 3.63) is 48.4 Å². The quantitative estimate of drug-likeness (QED) is 0.931. The highest BCUT2D eigenvalue weighted by Gasteiger charge is 2.44. The maximum atomic E-state index is 12.7. The molecule has 2 saturated carbocycles. The third kappa shape index (κ3) is 3.18. The van der Waals surface area contributed by atoms with E-state index >= 15 is 0 Å². The largest absolute Gasteiger partial charge is 0.349 e. The van der Waals surface area contributed by atoms with Crippen LogP contribution in [-0.2, 0) is 0 Å². The van der Waals surface area contributed by atoms with Crippen LogP contribution in [0.3, 0.4) is 0 Å². The Bertz CT molecular complexity index is 710. The van der Waals surface area contributed by atoms with Crippen molar-refractivity contribution in [2.24, 2.45) is 11.8 Å². The zero-order valence-electron chi connectivity index (χ0n) is 13.8. The van der Waals surface area contributed by atoms with Crippen LogP contribution in [0.2, 0.25) is 0 Å². The minimum absolute atomic E-state index is 0.0437. The number of carbonyl (C=O) groups excluding carboxylic acids is 1. The Hall–Kier alpha value is -2.23. The Balaban J connectivity index is 1.46. The normalized spacial score (nSPS) is 23.7. The van der Waals surface area contributed by atoms with Gasteiger partial charge in [-0.3, -0.25) is 4.79 Å². The SMILES string of the molecule is O=C(N[C@@H]1C[C@H]1C1CCCCC1)c1cncnc1-c1ccccc1. The predicted octanol–water partition coefficient (Wildman–Crippen LogP) is 3.84. The highest BCUT2D eigenvalue weighted by Crippen LogP contribution is 2.44. The molecule has 0 bridgehead atoms. The van der Waals surface area contributed by atoms with Crippen LogP contribution in [0.1, 0.15) is 48.9 Å². The first-order valence-electron chi connectivity index (χ1n) is 8.99. The number of aromatic nitrogens is 2. The molecule has 2 aliphatic carbocycles. The van der Waals surface area contributed by atoms with E-state index in [0.717, 1.165) is 17.9 Å². The van der Waals surface area contributed by atoms with Gasteiger partial charge in [-0.15, -0.1) is 0 Å². The topological polar surface area (TPSA) is 54.9 Å².